The summed E-state index contributed by atoms with van der Waals surface area (Å²) in [5.41, 5.74) is 0. The van der Waals surface area contributed by atoms with Gasteiger partial charge < -0.3 is 15.7 Å². The minimum absolute atomic E-state index is 0.257. The van der Waals surface area contributed by atoms with Crippen LogP contribution in [0, 0.1) is 11.8 Å². The number of rotatable bonds is 9. The van der Waals surface area contributed by atoms with E-state index in [1.54, 1.807) is 0 Å². The molecule has 0 aromatic heterocycles. The van der Waals surface area contributed by atoms with Gasteiger partial charge in [-0.15, -0.1) is 0 Å². The Morgan fingerprint density at radius 1 is 1.26 bits per heavy atom. The maximum Gasteiger partial charge on any atom is 0.191 e. The van der Waals surface area contributed by atoms with Crippen molar-refractivity contribution < 1.29 is 5.11 Å². The van der Waals surface area contributed by atoms with Gasteiger partial charge in [0.05, 0.1) is 0 Å². The first-order valence-electron chi connectivity index (χ1n) is 9.41. The van der Waals surface area contributed by atoms with Crippen LogP contribution >= 0.6 is 0 Å². The summed E-state index contributed by atoms with van der Waals surface area (Å²) < 4.78 is 0. The van der Waals surface area contributed by atoms with Gasteiger partial charge in [-0.1, -0.05) is 20.3 Å². The molecule has 0 aromatic carbocycles. The monoisotopic (exact) mass is 326 g/mol. The van der Waals surface area contributed by atoms with E-state index in [0.717, 1.165) is 51.4 Å². The molecule has 5 nitrogen and oxygen atoms in total. The van der Waals surface area contributed by atoms with Crippen LogP contribution in [0.2, 0.25) is 0 Å². The predicted molar refractivity (Wildman–Crippen MR) is 98.9 cm³/mol. The van der Waals surface area contributed by atoms with Gasteiger partial charge in [-0.05, 0) is 45.4 Å². The van der Waals surface area contributed by atoms with E-state index < -0.39 is 0 Å². The zero-order chi connectivity index (χ0) is 17.2. The molecule has 0 radical (unpaired) electrons. The summed E-state index contributed by atoms with van der Waals surface area (Å²) in [6, 6.07) is 1.06. The van der Waals surface area contributed by atoms with E-state index in [2.05, 4.69) is 50.2 Å². The molecule has 1 aliphatic heterocycles. The fraction of sp³-hybridized carbons (Fsp3) is 0.944. The Balaban J connectivity index is 2.61. The van der Waals surface area contributed by atoms with Gasteiger partial charge in [0.25, 0.3) is 0 Å². The molecule has 0 amide bonds. The van der Waals surface area contributed by atoms with Crippen LogP contribution in [-0.4, -0.2) is 60.8 Å². The number of nitrogens with zero attached hydrogens (tertiary/aromatic N) is 2. The number of nitrogens with one attached hydrogen (secondary N) is 2. The van der Waals surface area contributed by atoms with Crippen LogP contribution in [0.4, 0.5) is 0 Å². The highest BCUT2D eigenvalue weighted by atomic mass is 16.3. The molecular weight excluding hydrogens is 288 g/mol. The van der Waals surface area contributed by atoms with Gasteiger partial charge in [0.1, 0.15) is 0 Å². The lowest BCUT2D eigenvalue weighted by Gasteiger charge is -2.22. The van der Waals surface area contributed by atoms with Crippen molar-refractivity contribution in [2.24, 2.45) is 16.8 Å². The third-order valence-electron chi connectivity index (χ3n) is 4.78. The van der Waals surface area contributed by atoms with E-state index in [1.165, 1.54) is 0 Å². The number of aliphatic imine (C=N–C) groups is 1. The van der Waals surface area contributed by atoms with Gasteiger partial charge in [0.15, 0.2) is 5.96 Å². The predicted octanol–water partition coefficient (Wildman–Crippen LogP) is 2.07. The summed E-state index contributed by atoms with van der Waals surface area (Å²) >= 11 is 0. The van der Waals surface area contributed by atoms with E-state index in [0.29, 0.717) is 23.9 Å². The number of aliphatic hydroxyl groups is 1. The van der Waals surface area contributed by atoms with E-state index in [-0.39, 0.29) is 6.61 Å². The zero-order valence-corrected chi connectivity index (χ0v) is 15.8. The average Bonchev–Trinajstić information content (AvgIpc) is 2.86. The second kappa shape index (κ2) is 10.9. The largest absolute Gasteiger partial charge is 0.396 e. The molecule has 5 heteroatoms. The smallest absolute Gasteiger partial charge is 0.191 e. The molecule has 1 aliphatic rings. The van der Waals surface area contributed by atoms with Gasteiger partial charge in [-0.3, -0.25) is 9.89 Å². The van der Waals surface area contributed by atoms with E-state index in [9.17, 15) is 5.11 Å². The highest BCUT2D eigenvalue weighted by Crippen LogP contribution is 2.18. The second-order valence-corrected chi connectivity index (χ2v) is 7.16. The number of hydrogen-bond acceptors (Lipinski definition) is 3. The Hall–Kier alpha value is -0.810. The molecule has 3 N–H and O–H groups in total. The Morgan fingerprint density at radius 2 is 2.00 bits per heavy atom. The highest BCUT2D eigenvalue weighted by Gasteiger charge is 2.31. The maximum atomic E-state index is 9.19. The third kappa shape index (κ3) is 7.08. The summed E-state index contributed by atoms with van der Waals surface area (Å²) in [7, 11) is 0. The van der Waals surface area contributed by atoms with Gasteiger partial charge in [-0.25, -0.2) is 0 Å². The lowest BCUT2D eigenvalue weighted by Crippen LogP contribution is -2.47. The minimum Gasteiger partial charge on any atom is -0.396 e. The van der Waals surface area contributed by atoms with Crippen LogP contribution < -0.4 is 10.6 Å². The van der Waals surface area contributed by atoms with Crippen LogP contribution in [0.25, 0.3) is 0 Å². The van der Waals surface area contributed by atoms with Gasteiger partial charge in [0, 0.05) is 44.9 Å². The molecule has 0 spiro atoms. The standard InChI is InChI=1S/C18H38N4O/c1-6-8-16(9-10-23)11-20-18(19-7-2)21-17-13-22(14(3)4)12-15(17)5/h14-17,23H,6-13H2,1-5H3,(H2,19,20,21). The van der Waals surface area contributed by atoms with Crippen molar-refractivity contribution in [2.45, 2.75) is 66.0 Å². The van der Waals surface area contributed by atoms with Crippen molar-refractivity contribution in [3.63, 3.8) is 0 Å². The highest BCUT2D eigenvalue weighted by molar-refractivity contribution is 5.80. The van der Waals surface area contributed by atoms with Gasteiger partial charge in [-0.2, -0.15) is 0 Å². The first kappa shape index (κ1) is 20.2. The molecule has 1 rings (SSSR count). The van der Waals surface area contributed by atoms with Crippen LogP contribution in [0.5, 0.6) is 0 Å². The molecule has 0 saturated carbocycles. The summed E-state index contributed by atoms with van der Waals surface area (Å²) in [4.78, 5) is 7.31. The van der Waals surface area contributed by atoms with Crippen LogP contribution in [0.15, 0.2) is 4.99 Å². The minimum atomic E-state index is 0.257. The van der Waals surface area contributed by atoms with E-state index in [1.807, 2.05) is 0 Å². The van der Waals surface area contributed by atoms with Crippen LogP contribution in [-0.2, 0) is 0 Å². The molecule has 3 unspecified atom stereocenters. The summed E-state index contributed by atoms with van der Waals surface area (Å²) in [5.74, 6) is 2.03. The third-order valence-corrected chi connectivity index (χ3v) is 4.78. The van der Waals surface area contributed by atoms with Crippen molar-refractivity contribution in [1.82, 2.24) is 15.5 Å². The van der Waals surface area contributed by atoms with Crippen molar-refractivity contribution >= 4 is 5.96 Å². The van der Waals surface area contributed by atoms with E-state index in [4.69, 9.17) is 4.99 Å². The zero-order valence-electron chi connectivity index (χ0n) is 15.8. The maximum absolute atomic E-state index is 9.19. The van der Waals surface area contributed by atoms with Crippen molar-refractivity contribution in [3.05, 3.63) is 0 Å². The molecular formula is C18H38N4O. The number of guanidine groups is 1. The van der Waals surface area contributed by atoms with Crippen molar-refractivity contribution in [3.8, 4) is 0 Å². The number of aliphatic hydroxyl groups excluding tert-OH is 1. The van der Waals surface area contributed by atoms with Gasteiger partial charge >= 0.3 is 0 Å². The van der Waals surface area contributed by atoms with Crippen molar-refractivity contribution in [2.75, 3.05) is 32.8 Å². The lowest BCUT2D eigenvalue weighted by molar-refractivity contribution is 0.253. The second-order valence-electron chi connectivity index (χ2n) is 7.16. The fourth-order valence-corrected chi connectivity index (χ4v) is 3.25. The van der Waals surface area contributed by atoms with Crippen LogP contribution in [0.1, 0.15) is 53.9 Å². The molecule has 23 heavy (non-hydrogen) atoms. The molecule has 1 heterocycles. The Kier molecular flexibility index (Phi) is 9.56. The quantitative estimate of drug-likeness (QED) is 0.448. The average molecular weight is 327 g/mol. The molecule has 1 saturated heterocycles. The summed E-state index contributed by atoms with van der Waals surface area (Å²) in [5, 5.41) is 16.2. The van der Waals surface area contributed by atoms with Crippen LogP contribution in [0.3, 0.4) is 0 Å². The Morgan fingerprint density at radius 3 is 2.52 bits per heavy atom. The molecule has 0 aromatic rings. The lowest BCUT2D eigenvalue weighted by atomic mass is 10.0. The van der Waals surface area contributed by atoms with Gasteiger partial charge in [0.2, 0.25) is 0 Å². The topological polar surface area (TPSA) is 59.9 Å². The summed E-state index contributed by atoms with van der Waals surface area (Å²) in [6.45, 7) is 15.3. The molecule has 136 valence electrons. The SMILES string of the molecule is CCCC(CCO)CN=C(NCC)NC1CN(C(C)C)CC1C. The van der Waals surface area contributed by atoms with Crippen molar-refractivity contribution in [1.29, 1.82) is 0 Å². The molecule has 1 fully saturated rings. The normalized spacial score (nSPS) is 24.2. The Bertz CT molecular complexity index is 340. The fourth-order valence-electron chi connectivity index (χ4n) is 3.25. The number of hydrogen-bond donors (Lipinski definition) is 3. The molecule has 0 aliphatic carbocycles. The Labute approximate surface area is 142 Å². The summed E-state index contributed by atoms with van der Waals surface area (Å²) in [6.07, 6.45) is 3.12. The number of likely N-dealkylation sites (tertiary alicyclic amines) is 1. The molecule has 3 atom stereocenters. The van der Waals surface area contributed by atoms with E-state index >= 15 is 0 Å². The first-order valence-corrected chi connectivity index (χ1v) is 9.41. The molecule has 0 bridgehead atoms. The first-order chi connectivity index (χ1) is 11.0.